The minimum Gasteiger partial charge on any atom is -0.507 e. The first-order valence-electron chi connectivity index (χ1n) is 37.7. The second-order valence-electron chi connectivity index (χ2n) is 26.2. The van der Waals surface area contributed by atoms with Crippen LogP contribution in [0.5, 0.6) is 17.2 Å². The van der Waals surface area contributed by atoms with Crippen molar-refractivity contribution in [1.29, 1.82) is 0 Å². The van der Waals surface area contributed by atoms with E-state index in [9.17, 15) is 80.5 Å². The molecule has 9 N–H and O–H groups in total. The number of nitro benzene ring substituents is 2. The van der Waals surface area contributed by atoms with Gasteiger partial charge in [-0.1, -0.05) is 162 Å². The number of sulfonamides is 1. The van der Waals surface area contributed by atoms with Crippen molar-refractivity contribution in [3.05, 3.63) is 218 Å². The molecule has 7 rings (SSSR count). The quantitative estimate of drug-likeness (QED) is 0.00740. The first-order chi connectivity index (χ1) is 54.5. The molecule has 0 radical (unpaired) electrons. The summed E-state index contributed by atoms with van der Waals surface area (Å²) < 4.78 is 61.7. The lowest BCUT2D eigenvalue weighted by molar-refractivity contribution is -0.388. The highest BCUT2D eigenvalue weighted by molar-refractivity contribution is 7.93. The molecule has 29 nitrogen and oxygen atoms in total. The maximum atomic E-state index is 12.4. The standard InChI is InChI=1S/C19H21NO4.C17H24O4.C16H16N2O6S.C16H23NO4.C15H21NO6S/c21-17-8-5-4-7-16(17)19(24)20-15-12-10-14(11-13-15)6-2-1-3-9-18(22)23;1-21-15-10-8-9-14(13-15)16(18)11-6-4-2-3-5-7-12-17(19)20;19-16(20)7-3-4-12-8-10-13(11-9-12)17-25(23,24)15-6-2-1-5-14(15)18(21)22;1-21-14-10-7-6-9-13(14)16(20)17-12-8-4-2-3-5-11-15(18)19;17-15(18)11-5-3-1-2-4-8-12-23(21,22)14-10-7-6-9-13(14)16(19)20/h4-5,7-8,10-13,21H,1-3,6,9H2,(H,20,24)(H,22,23);8-10,13H,2-7,11-12H2,1H3,(H,19,20);1-2,5-6,8-11,17H,3-4,7H2,(H,19,20);6-7,9-10H,2-5,8,11-12H2,1H3,(H,17,20)(H,18,19);6-7,9-10H,1-5,8,11-12H2,(H,17,18). The number of hydrogen-bond donors (Lipinski definition) is 9. The van der Waals surface area contributed by atoms with Gasteiger partial charge >= 0.3 is 29.8 Å². The van der Waals surface area contributed by atoms with Gasteiger partial charge in [-0.05, 0) is 155 Å². The fraction of sp³-hybridized carbons (Fsp3) is 0.398. The number of benzene rings is 7. The third-order valence-electron chi connectivity index (χ3n) is 17.2. The number of nitrogens with one attached hydrogen (secondary N) is 3. The van der Waals surface area contributed by atoms with Gasteiger partial charge in [0.1, 0.15) is 22.1 Å². The molecule has 7 aromatic carbocycles. The van der Waals surface area contributed by atoms with Crippen LogP contribution in [0.15, 0.2) is 180 Å². The van der Waals surface area contributed by atoms with Crippen LogP contribution in [0.25, 0.3) is 0 Å². The van der Waals surface area contributed by atoms with Crippen molar-refractivity contribution in [3.8, 4) is 17.2 Å². The van der Waals surface area contributed by atoms with E-state index in [4.69, 9.17) is 35.0 Å². The Kier molecular flexibility index (Phi) is 46.6. The number of aromatic hydroxyl groups is 1. The second kappa shape index (κ2) is 54.9. The normalized spacial score (nSPS) is 10.6. The number of ether oxygens (including phenoxy) is 2. The fourth-order valence-corrected chi connectivity index (χ4v) is 13.9. The van der Waals surface area contributed by atoms with Crippen molar-refractivity contribution < 1.29 is 105 Å². The molecule has 0 aliphatic carbocycles. The minimum atomic E-state index is -4.10. The molecule has 618 valence electrons. The number of para-hydroxylation sites is 4. The molecule has 114 heavy (non-hydrogen) atoms. The van der Waals surface area contributed by atoms with Gasteiger partial charge in [0.25, 0.3) is 33.2 Å². The Morgan fingerprint density at radius 3 is 1.32 bits per heavy atom. The van der Waals surface area contributed by atoms with E-state index in [0.29, 0.717) is 79.8 Å². The molecule has 0 fully saturated rings. The highest BCUT2D eigenvalue weighted by Gasteiger charge is 2.27. The molecule has 0 saturated carbocycles. The molecule has 7 aromatic rings. The number of Topliss-reactive ketones (excluding diaryl/α,β-unsaturated/α-hetero) is 1. The predicted molar refractivity (Wildman–Crippen MR) is 431 cm³/mol. The van der Waals surface area contributed by atoms with Crippen LogP contribution in [0.2, 0.25) is 0 Å². The van der Waals surface area contributed by atoms with Crippen LogP contribution in [0.3, 0.4) is 0 Å². The Morgan fingerprint density at radius 2 is 0.816 bits per heavy atom. The Hall–Kier alpha value is -11.6. The molecule has 0 aromatic heterocycles. The number of nitro groups is 2. The van der Waals surface area contributed by atoms with E-state index in [2.05, 4.69) is 15.4 Å². The number of unbranched alkanes of at least 4 members (excludes halogenated alkanes) is 16. The summed E-state index contributed by atoms with van der Waals surface area (Å²) in [5, 5.41) is 79.9. The number of methoxy groups -OCH3 is 2. The Bertz CT molecular complexity index is 4410. The number of phenolic OH excluding ortho intramolecular Hbond substituents is 1. The number of sulfone groups is 1. The first-order valence-corrected chi connectivity index (χ1v) is 40.8. The van der Waals surface area contributed by atoms with Crippen LogP contribution in [-0.2, 0) is 56.7 Å². The molecule has 2 amide bonds. The Labute approximate surface area is 664 Å². The Balaban J connectivity index is 0.000000370. The van der Waals surface area contributed by atoms with Crippen molar-refractivity contribution in [2.24, 2.45) is 0 Å². The summed E-state index contributed by atoms with van der Waals surface area (Å²) in [4.78, 5) is 108. The van der Waals surface area contributed by atoms with E-state index in [0.717, 1.165) is 126 Å². The number of rotatable bonds is 48. The van der Waals surface area contributed by atoms with E-state index in [1.165, 1.54) is 60.7 Å². The molecule has 0 aliphatic rings. The van der Waals surface area contributed by atoms with Crippen LogP contribution >= 0.6 is 0 Å². The van der Waals surface area contributed by atoms with Crippen molar-refractivity contribution >= 4 is 90.1 Å². The summed E-state index contributed by atoms with van der Waals surface area (Å²) in [5.41, 5.74) is 3.54. The van der Waals surface area contributed by atoms with Crippen molar-refractivity contribution in [3.63, 3.8) is 0 Å². The molecule has 0 bridgehead atoms. The number of anilines is 2. The summed E-state index contributed by atoms with van der Waals surface area (Å²) in [5.74, 6) is -3.09. The van der Waals surface area contributed by atoms with E-state index in [-0.39, 0.29) is 83.0 Å². The number of aryl methyl sites for hydroxylation is 2. The maximum absolute atomic E-state index is 12.4. The zero-order chi connectivity index (χ0) is 84.1. The van der Waals surface area contributed by atoms with E-state index >= 15 is 0 Å². The van der Waals surface area contributed by atoms with Gasteiger partial charge in [0.05, 0.1) is 40.9 Å². The highest BCUT2D eigenvalue weighted by Crippen LogP contribution is 2.28. The summed E-state index contributed by atoms with van der Waals surface area (Å²) in [6.45, 7) is 0.621. The monoisotopic (exact) mass is 1620 g/mol. The van der Waals surface area contributed by atoms with Gasteiger partial charge in [-0.2, -0.15) is 0 Å². The number of nitrogens with zero attached hydrogens (tertiary/aromatic N) is 2. The molecule has 0 atom stereocenters. The lowest BCUT2D eigenvalue weighted by atomic mass is 10.0. The molecule has 0 spiro atoms. The average molecular weight is 1620 g/mol. The predicted octanol–water partition coefficient (Wildman–Crippen LogP) is 16.8. The molecule has 0 saturated heterocycles. The van der Waals surface area contributed by atoms with Gasteiger partial charge in [0, 0.05) is 74.1 Å². The minimum absolute atomic E-state index is 0.0482. The van der Waals surface area contributed by atoms with Gasteiger partial charge in [-0.15, -0.1) is 0 Å². The molecular formula is C83H105N5O24S2. The zero-order valence-electron chi connectivity index (χ0n) is 64.3. The molecule has 0 unspecified atom stereocenters. The van der Waals surface area contributed by atoms with Crippen molar-refractivity contribution in [2.75, 3.05) is 36.6 Å². The molecular weight excluding hydrogens is 1520 g/mol. The number of carbonyl (C=O) groups excluding carboxylic acids is 3. The van der Waals surface area contributed by atoms with Crippen LogP contribution in [0, 0.1) is 20.2 Å². The largest absolute Gasteiger partial charge is 0.507 e. The third-order valence-corrected chi connectivity index (χ3v) is 20.5. The fourth-order valence-electron chi connectivity index (χ4n) is 11.2. The third kappa shape index (κ3) is 41.1. The Morgan fingerprint density at radius 1 is 0.404 bits per heavy atom. The van der Waals surface area contributed by atoms with Crippen LogP contribution in [0.1, 0.15) is 216 Å². The zero-order valence-corrected chi connectivity index (χ0v) is 66.0. The van der Waals surface area contributed by atoms with Crippen LogP contribution in [-0.4, -0.2) is 131 Å². The number of carboxylic acids is 5. The summed E-state index contributed by atoms with van der Waals surface area (Å²) in [7, 11) is -4.63. The lowest BCUT2D eigenvalue weighted by Gasteiger charge is -2.09. The summed E-state index contributed by atoms with van der Waals surface area (Å²) >= 11 is 0. The van der Waals surface area contributed by atoms with E-state index in [1.54, 1.807) is 68.8 Å². The highest BCUT2D eigenvalue weighted by atomic mass is 32.2. The van der Waals surface area contributed by atoms with Gasteiger partial charge in [0.2, 0.25) is 0 Å². The lowest BCUT2D eigenvalue weighted by Crippen LogP contribution is -2.24. The first kappa shape index (κ1) is 96.6. The SMILES string of the molecule is COc1cccc(C(=O)CCCCCCCCC(=O)O)c1.COc1ccccc1C(=O)NCCCCCCCC(=O)O.O=C(O)CCCCCCCCS(=O)(=O)c1ccccc1[N+](=O)[O-].O=C(O)CCCCCc1ccc(NC(=O)c2ccccc2O)cc1.O=C(O)CCCc1ccc(NS(=O)(=O)c2ccccc2[N+](=O)[O-])cc1. The number of carboxylic acid groups (broad SMARTS) is 5. The van der Waals surface area contributed by atoms with Gasteiger partial charge < -0.3 is 50.7 Å². The molecule has 0 heterocycles. The maximum Gasteiger partial charge on any atom is 0.303 e. The van der Waals surface area contributed by atoms with Gasteiger partial charge in [-0.25, -0.2) is 16.8 Å². The average Bonchev–Trinajstić information content (AvgIpc) is 0.767. The number of amides is 2. The second-order valence-corrected chi connectivity index (χ2v) is 30.0. The van der Waals surface area contributed by atoms with Crippen molar-refractivity contribution in [1.82, 2.24) is 5.32 Å². The van der Waals surface area contributed by atoms with Gasteiger partial charge in [-0.3, -0.25) is 63.3 Å². The molecule has 0 aliphatic heterocycles. The van der Waals surface area contributed by atoms with E-state index < -0.39 is 70.1 Å². The van der Waals surface area contributed by atoms with E-state index in [1.807, 2.05) is 48.5 Å². The topological polar surface area (TPSA) is 467 Å². The number of phenols is 1. The number of ketones is 1. The van der Waals surface area contributed by atoms with Crippen LogP contribution in [0.4, 0.5) is 22.7 Å². The molecule has 31 heteroatoms. The smallest absolute Gasteiger partial charge is 0.303 e. The summed E-state index contributed by atoms with van der Waals surface area (Å²) in [6, 6.07) is 45.2. The van der Waals surface area contributed by atoms with Crippen molar-refractivity contribution in [2.45, 2.75) is 196 Å². The summed E-state index contributed by atoms with van der Waals surface area (Å²) in [6.07, 6.45) is 20.5. The number of aliphatic carboxylic acids is 5. The number of hydrogen-bond acceptors (Lipinski definition) is 19. The van der Waals surface area contributed by atoms with Crippen LogP contribution < -0.4 is 24.8 Å². The van der Waals surface area contributed by atoms with Gasteiger partial charge in [0.15, 0.2) is 20.5 Å². The number of carbonyl (C=O) groups is 8.